The van der Waals surface area contributed by atoms with Gasteiger partial charge in [0.1, 0.15) is 0 Å². The summed E-state index contributed by atoms with van der Waals surface area (Å²) in [6.45, 7) is -0.315. The van der Waals surface area contributed by atoms with E-state index in [0.717, 1.165) is 4.31 Å². The molecule has 8 nitrogen and oxygen atoms in total. The molecule has 0 aliphatic carbocycles. The number of hydrogen-bond acceptors (Lipinski definition) is 5. The lowest BCUT2D eigenvalue weighted by Gasteiger charge is -2.20. The maximum Gasteiger partial charge on any atom is 0.251 e. The summed E-state index contributed by atoms with van der Waals surface area (Å²) in [5, 5.41) is 2.44. The van der Waals surface area contributed by atoms with Crippen molar-refractivity contribution in [2.24, 2.45) is 5.73 Å². The molecule has 0 heterocycles. The summed E-state index contributed by atoms with van der Waals surface area (Å²) in [7, 11) is -0.994. The van der Waals surface area contributed by atoms with Gasteiger partial charge in [0.15, 0.2) is 0 Å². The third-order valence-electron chi connectivity index (χ3n) is 2.86. The minimum Gasteiger partial charge on any atom is -0.383 e. The first kappa shape index (κ1) is 18.1. The van der Waals surface area contributed by atoms with Gasteiger partial charge in [0.2, 0.25) is 15.9 Å². The van der Waals surface area contributed by atoms with Gasteiger partial charge in [0.05, 0.1) is 18.0 Å². The number of sulfonamides is 1. The van der Waals surface area contributed by atoms with Crippen LogP contribution in [0.1, 0.15) is 10.4 Å². The highest BCUT2D eigenvalue weighted by Crippen LogP contribution is 2.16. The molecule has 0 aliphatic rings. The summed E-state index contributed by atoms with van der Waals surface area (Å²) in [4.78, 5) is 22.5. The highest BCUT2D eigenvalue weighted by Gasteiger charge is 2.25. The molecular weight excluding hydrogens is 310 g/mol. The van der Waals surface area contributed by atoms with E-state index in [9.17, 15) is 18.0 Å². The van der Waals surface area contributed by atoms with Gasteiger partial charge < -0.3 is 15.8 Å². The van der Waals surface area contributed by atoms with E-state index in [4.69, 9.17) is 10.5 Å². The molecule has 1 rings (SSSR count). The highest BCUT2D eigenvalue weighted by molar-refractivity contribution is 7.89. The number of nitrogens with two attached hydrogens (primary N) is 1. The second-order valence-corrected chi connectivity index (χ2v) is 6.34. The maximum absolute atomic E-state index is 12.5. The van der Waals surface area contributed by atoms with Crippen molar-refractivity contribution in [1.29, 1.82) is 0 Å². The number of nitrogens with zero attached hydrogens (tertiary/aromatic N) is 1. The van der Waals surface area contributed by atoms with Crippen molar-refractivity contribution in [3.8, 4) is 0 Å². The normalized spacial score (nSPS) is 11.4. The van der Waals surface area contributed by atoms with Crippen LogP contribution >= 0.6 is 0 Å². The average Bonchev–Trinajstić information content (AvgIpc) is 2.50. The van der Waals surface area contributed by atoms with Crippen LogP contribution in [0.4, 0.5) is 0 Å². The monoisotopic (exact) mass is 329 g/mol. The molecule has 9 heteroatoms. The SMILES string of the molecule is CNC(=O)c1ccc(S(=O)(=O)N(CCOC)CC(N)=O)cc1. The Morgan fingerprint density at radius 3 is 2.32 bits per heavy atom. The number of nitrogens with one attached hydrogen (secondary N) is 1. The van der Waals surface area contributed by atoms with E-state index < -0.39 is 22.5 Å². The number of carbonyl (C=O) groups excluding carboxylic acids is 2. The molecule has 122 valence electrons. The van der Waals surface area contributed by atoms with Crippen LogP contribution in [0.15, 0.2) is 29.2 Å². The number of amides is 2. The van der Waals surface area contributed by atoms with Crippen molar-refractivity contribution >= 4 is 21.8 Å². The predicted octanol–water partition coefficient (Wildman–Crippen LogP) is -0.831. The molecule has 0 atom stereocenters. The molecule has 0 aliphatic heterocycles. The summed E-state index contributed by atoms with van der Waals surface area (Å²) >= 11 is 0. The van der Waals surface area contributed by atoms with Crippen LogP contribution in [0.5, 0.6) is 0 Å². The van der Waals surface area contributed by atoms with Gasteiger partial charge in [-0.15, -0.1) is 0 Å². The van der Waals surface area contributed by atoms with E-state index >= 15 is 0 Å². The molecule has 22 heavy (non-hydrogen) atoms. The van der Waals surface area contributed by atoms with E-state index in [1.54, 1.807) is 0 Å². The largest absolute Gasteiger partial charge is 0.383 e. The Hall–Kier alpha value is -1.97. The van der Waals surface area contributed by atoms with Crippen molar-refractivity contribution in [3.63, 3.8) is 0 Å². The Kier molecular flexibility index (Phi) is 6.47. The first-order valence-electron chi connectivity index (χ1n) is 6.42. The minimum atomic E-state index is -3.90. The predicted molar refractivity (Wildman–Crippen MR) is 79.7 cm³/mol. The average molecular weight is 329 g/mol. The Balaban J connectivity index is 3.07. The fourth-order valence-electron chi connectivity index (χ4n) is 1.72. The number of hydrogen-bond donors (Lipinski definition) is 2. The van der Waals surface area contributed by atoms with Crippen molar-refractivity contribution < 1.29 is 22.7 Å². The zero-order valence-electron chi connectivity index (χ0n) is 12.4. The van der Waals surface area contributed by atoms with Crippen LogP contribution in [-0.4, -0.2) is 58.4 Å². The van der Waals surface area contributed by atoms with Crippen LogP contribution < -0.4 is 11.1 Å². The van der Waals surface area contributed by atoms with Crippen LogP contribution in [0.25, 0.3) is 0 Å². The van der Waals surface area contributed by atoms with Gasteiger partial charge in [0.25, 0.3) is 5.91 Å². The number of methoxy groups -OCH3 is 1. The summed E-state index contributed by atoms with van der Waals surface area (Å²) < 4.78 is 30.8. The van der Waals surface area contributed by atoms with Crippen LogP contribution in [-0.2, 0) is 19.6 Å². The molecule has 0 spiro atoms. The molecule has 0 saturated heterocycles. The van der Waals surface area contributed by atoms with Gasteiger partial charge in [-0.25, -0.2) is 8.42 Å². The molecule has 0 unspecified atom stereocenters. The summed E-state index contributed by atoms with van der Waals surface area (Å²) in [5.41, 5.74) is 5.42. The molecule has 0 bridgehead atoms. The summed E-state index contributed by atoms with van der Waals surface area (Å²) in [6.07, 6.45) is 0. The van der Waals surface area contributed by atoms with Gasteiger partial charge in [-0.1, -0.05) is 0 Å². The molecule has 2 amide bonds. The topological polar surface area (TPSA) is 119 Å². The second kappa shape index (κ2) is 7.87. The highest BCUT2D eigenvalue weighted by atomic mass is 32.2. The zero-order valence-corrected chi connectivity index (χ0v) is 13.2. The Labute approximate surface area is 129 Å². The second-order valence-electron chi connectivity index (χ2n) is 4.40. The Morgan fingerprint density at radius 1 is 1.27 bits per heavy atom. The smallest absolute Gasteiger partial charge is 0.251 e. The Bertz CT molecular complexity index is 628. The van der Waals surface area contributed by atoms with E-state index in [2.05, 4.69) is 5.32 Å². The van der Waals surface area contributed by atoms with Gasteiger partial charge in [-0.3, -0.25) is 9.59 Å². The van der Waals surface area contributed by atoms with Crippen molar-refractivity contribution in [2.75, 3.05) is 33.9 Å². The standard InChI is InChI=1S/C13H19N3O5S/c1-15-13(18)10-3-5-11(6-4-10)22(19,20)16(7-8-21-2)9-12(14)17/h3-6H,7-9H2,1-2H3,(H2,14,17)(H,15,18). The molecule has 0 saturated carbocycles. The molecule has 0 aromatic heterocycles. The van der Waals surface area contributed by atoms with Crippen molar-refractivity contribution in [1.82, 2.24) is 9.62 Å². The van der Waals surface area contributed by atoms with Crippen molar-refractivity contribution in [3.05, 3.63) is 29.8 Å². The van der Waals surface area contributed by atoms with E-state index in [1.807, 2.05) is 0 Å². The van der Waals surface area contributed by atoms with E-state index in [-0.39, 0.29) is 24.0 Å². The number of rotatable bonds is 8. The molecule has 3 N–H and O–H groups in total. The number of benzene rings is 1. The number of carbonyl (C=O) groups is 2. The first-order valence-corrected chi connectivity index (χ1v) is 7.86. The lowest BCUT2D eigenvalue weighted by Crippen LogP contribution is -2.40. The maximum atomic E-state index is 12.5. The van der Waals surface area contributed by atoms with Gasteiger partial charge in [0, 0.05) is 26.3 Å². The summed E-state index contributed by atoms with van der Waals surface area (Å²) in [6, 6.07) is 5.40. The van der Waals surface area contributed by atoms with Gasteiger partial charge in [-0.2, -0.15) is 4.31 Å². The lowest BCUT2D eigenvalue weighted by molar-refractivity contribution is -0.118. The van der Waals surface area contributed by atoms with Crippen LogP contribution in [0.2, 0.25) is 0 Å². The molecular formula is C13H19N3O5S. The quantitative estimate of drug-likeness (QED) is 0.645. The minimum absolute atomic E-state index is 0.00102. The van der Waals surface area contributed by atoms with Gasteiger partial charge in [-0.05, 0) is 24.3 Å². The molecule has 1 aromatic carbocycles. The van der Waals surface area contributed by atoms with Crippen LogP contribution in [0, 0.1) is 0 Å². The van der Waals surface area contributed by atoms with Gasteiger partial charge >= 0.3 is 0 Å². The molecule has 0 fully saturated rings. The molecule has 0 radical (unpaired) electrons. The van der Waals surface area contributed by atoms with E-state index in [1.165, 1.54) is 38.4 Å². The van der Waals surface area contributed by atoms with Crippen molar-refractivity contribution in [2.45, 2.75) is 4.90 Å². The van der Waals surface area contributed by atoms with Crippen LogP contribution in [0.3, 0.4) is 0 Å². The third-order valence-corrected chi connectivity index (χ3v) is 4.72. The number of primary amides is 1. The Morgan fingerprint density at radius 2 is 1.86 bits per heavy atom. The first-order chi connectivity index (χ1) is 10.3. The fraction of sp³-hybridized carbons (Fsp3) is 0.385. The summed E-state index contributed by atoms with van der Waals surface area (Å²) in [5.74, 6) is -1.08. The number of ether oxygens (including phenoxy) is 1. The fourth-order valence-corrected chi connectivity index (χ4v) is 3.11. The molecule has 1 aromatic rings. The lowest BCUT2D eigenvalue weighted by atomic mass is 10.2. The third kappa shape index (κ3) is 4.52. The zero-order chi connectivity index (χ0) is 16.8. The van der Waals surface area contributed by atoms with E-state index in [0.29, 0.717) is 5.56 Å².